The van der Waals surface area contributed by atoms with Gasteiger partial charge in [-0.25, -0.2) is 4.39 Å². The fraction of sp³-hybridized carbons (Fsp3) is 0.368. The van der Waals surface area contributed by atoms with Gasteiger partial charge in [0.2, 0.25) is 0 Å². The number of nitrogens with one attached hydrogen (secondary N) is 1. The molecule has 0 saturated heterocycles. The standard InChI is InChI=1S/C19H22BrClFNO/c1-2-3-4-10-23-12-14-11-15(20)8-9-19(14)24-13-16-17(21)6-5-7-18(16)22/h5-9,11,23H,2-4,10,12-13H2,1H3. The Balaban J connectivity index is 2.01. The first kappa shape index (κ1) is 19.2. The molecule has 24 heavy (non-hydrogen) atoms. The quantitative estimate of drug-likeness (QED) is 0.500. The van der Waals surface area contributed by atoms with Crippen LogP contribution >= 0.6 is 27.5 Å². The van der Waals surface area contributed by atoms with Crippen molar-refractivity contribution in [2.45, 2.75) is 39.3 Å². The molecular formula is C19H22BrClFNO. The van der Waals surface area contributed by atoms with Gasteiger partial charge in [0.05, 0.1) is 5.02 Å². The van der Waals surface area contributed by atoms with Crippen LogP contribution in [0.2, 0.25) is 5.02 Å². The van der Waals surface area contributed by atoms with Gasteiger partial charge in [0.25, 0.3) is 0 Å². The summed E-state index contributed by atoms with van der Waals surface area (Å²) in [7, 11) is 0. The van der Waals surface area contributed by atoms with Crippen LogP contribution in [0.15, 0.2) is 40.9 Å². The first-order valence-corrected chi connectivity index (χ1v) is 9.33. The average Bonchev–Trinajstić information content (AvgIpc) is 2.56. The van der Waals surface area contributed by atoms with Crippen molar-refractivity contribution >= 4 is 27.5 Å². The first-order valence-electron chi connectivity index (χ1n) is 8.16. The van der Waals surface area contributed by atoms with Gasteiger partial charge in [0.1, 0.15) is 18.2 Å². The van der Waals surface area contributed by atoms with E-state index in [0.717, 1.165) is 28.8 Å². The zero-order chi connectivity index (χ0) is 17.4. The lowest BCUT2D eigenvalue weighted by Crippen LogP contribution is -2.15. The van der Waals surface area contributed by atoms with Crippen LogP contribution in [0, 0.1) is 5.82 Å². The second-order valence-electron chi connectivity index (χ2n) is 5.62. The lowest BCUT2D eigenvalue weighted by Gasteiger charge is -2.14. The molecule has 2 aromatic rings. The van der Waals surface area contributed by atoms with Crippen molar-refractivity contribution in [2.24, 2.45) is 0 Å². The third kappa shape index (κ3) is 5.76. The van der Waals surface area contributed by atoms with Gasteiger partial charge >= 0.3 is 0 Å². The summed E-state index contributed by atoms with van der Waals surface area (Å²) in [5.41, 5.74) is 1.41. The molecule has 0 amide bonds. The minimum absolute atomic E-state index is 0.107. The second-order valence-corrected chi connectivity index (χ2v) is 6.95. The van der Waals surface area contributed by atoms with Gasteiger partial charge < -0.3 is 10.1 Å². The predicted molar refractivity (Wildman–Crippen MR) is 101 cm³/mol. The van der Waals surface area contributed by atoms with Gasteiger partial charge in [-0.2, -0.15) is 0 Å². The monoisotopic (exact) mass is 413 g/mol. The molecule has 0 bridgehead atoms. The number of halogens is 3. The maximum atomic E-state index is 13.9. The largest absolute Gasteiger partial charge is 0.488 e. The Morgan fingerprint density at radius 3 is 2.79 bits per heavy atom. The van der Waals surface area contributed by atoms with E-state index in [1.54, 1.807) is 12.1 Å². The Bertz CT molecular complexity index is 646. The van der Waals surface area contributed by atoms with Crippen molar-refractivity contribution in [1.29, 1.82) is 0 Å². The molecule has 1 N–H and O–H groups in total. The minimum atomic E-state index is -0.348. The van der Waals surface area contributed by atoms with Crippen LogP contribution < -0.4 is 10.1 Å². The molecule has 5 heteroatoms. The highest BCUT2D eigenvalue weighted by molar-refractivity contribution is 9.10. The fourth-order valence-corrected chi connectivity index (χ4v) is 3.00. The zero-order valence-electron chi connectivity index (χ0n) is 13.7. The highest BCUT2D eigenvalue weighted by Crippen LogP contribution is 2.26. The average molecular weight is 415 g/mol. The van der Waals surface area contributed by atoms with Crippen molar-refractivity contribution in [1.82, 2.24) is 5.32 Å². The summed E-state index contributed by atoms with van der Waals surface area (Å²) in [6.07, 6.45) is 3.59. The number of rotatable bonds is 9. The van der Waals surface area contributed by atoms with Crippen molar-refractivity contribution in [2.75, 3.05) is 6.54 Å². The van der Waals surface area contributed by atoms with E-state index >= 15 is 0 Å². The first-order chi connectivity index (χ1) is 11.6. The Morgan fingerprint density at radius 2 is 2.04 bits per heavy atom. The fourth-order valence-electron chi connectivity index (χ4n) is 2.37. The molecule has 0 atom stereocenters. The number of benzene rings is 2. The molecule has 130 valence electrons. The molecule has 0 saturated carbocycles. The zero-order valence-corrected chi connectivity index (χ0v) is 16.1. The van der Waals surface area contributed by atoms with E-state index in [2.05, 4.69) is 28.2 Å². The normalized spacial score (nSPS) is 10.8. The lowest BCUT2D eigenvalue weighted by atomic mass is 10.2. The molecule has 2 aromatic carbocycles. The maximum absolute atomic E-state index is 13.9. The highest BCUT2D eigenvalue weighted by Gasteiger charge is 2.10. The highest BCUT2D eigenvalue weighted by atomic mass is 79.9. The molecule has 0 unspecified atom stereocenters. The topological polar surface area (TPSA) is 21.3 Å². The van der Waals surface area contributed by atoms with Crippen molar-refractivity contribution in [3.05, 3.63) is 62.8 Å². The van der Waals surface area contributed by atoms with E-state index < -0.39 is 0 Å². The Kier molecular flexibility index (Phi) is 8.03. The van der Waals surface area contributed by atoms with Gasteiger partial charge in [0.15, 0.2) is 0 Å². The van der Waals surface area contributed by atoms with Gasteiger partial charge in [-0.05, 0) is 43.3 Å². The van der Waals surface area contributed by atoms with Crippen LogP contribution in [0.3, 0.4) is 0 Å². The van der Waals surface area contributed by atoms with Crippen molar-refractivity contribution in [3.63, 3.8) is 0 Å². The van der Waals surface area contributed by atoms with Crippen LogP contribution in [0.4, 0.5) is 4.39 Å². The van der Waals surface area contributed by atoms with Crippen LogP contribution in [0.5, 0.6) is 5.75 Å². The van der Waals surface area contributed by atoms with E-state index in [-0.39, 0.29) is 12.4 Å². The van der Waals surface area contributed by atoms with Crippen LogP contribution in [-0.4, -0.2) is 6.54 Å². The molecule has 0 aliphatic rings. The maximum Gasteiger partial charge on any atom is 0.131 e. The van der Waals surface area contributed by atoms with Gasteiger partial charge in [-0.15, -0.1) is 0 Å². The SMILES string of the molecule is CCCCCNCc1cc(Br)ccc1OCc1c(F)cccc1Cl. The van der Waals surface area contributed by atoms with Gasteiger partial charge in [0, 0.05) is 22.1 Å². The van der Waals surface area contributed by atoms with E-state index in [0.29, 0.717) is 17.1 Å². The van der Waals surface area contributed by atoms with E-state index in [9.17, 15) is 4.39 Å². The summed E-state index contributed by atoms with van der Waals surface area (Å²) in [6, 6.07) is 10.5. The lowest BCUT2D eigenvalue weighted by molar-refractivity contribution is 0.296. The molecule has 0 radical (unpaired) electrons. The molecule has 0 aromatic heterocycles. The Labute approximate surface area is 156 Å². The van der Waals surface area contributed by atoms with Crippen LogP contribution in [0.25, 0.3) is 0 Å². The predicted octanol–water partition coefficient (Wildman–Crippen LogP) is 6.10. The Morgan fingerprint density at radius 1 is 1.21 bits per heavy atom. The summed E-state index contributed by atoms with van der Waals surface area (Å²) in [5.74, 6) is 0.388. The third-order valence-corrected chi connectivity index (χ3v) is 4.58. The number of ether oxygens (including phenoxy) is 1. The summed E-state index contributed by atoms with van der Waals surface area (Å²) in [6.45, 7) is 3.98. The Hall–Kier alpha value is -1.10. The van der Waals surface area contributed by atoms with E-state index in [1.807, 2.05) is 18.2 Å². The molecule has 0 aliphatic heterocycles. The summed E-state index contributed by atoms with van der Waals surface area (Å²) in [4.78, 5) is 0. The molecule has 2 rings (SSSR count). The van der Waals surface area contributed by atoms with E-state index in [4.69, 9.17) is 16.3 Å². The number of hydrogen-bond donors (Lipinski definition) is 1. The van der Waals surface area contributed by atoms with Gasteiger partial charge in [-0.1, -0.05) is 53.4 Å². The van der Waals surface area contributed by atoms with Crippen molar-refractivity contribution in [3.8, 4) is 5.75 Å². The van der Waals surface area contributed by atoms with Crippen LogP contribution in [-0.2, 0) is 13.2 Å². The number of hydrogen-bond acceptors (Lipinski definition) is 2. The summed E-state index contributed by atoms with van der Waals surface area (Å²) >= 11 is 9.54. The second kappa shape index (κ2) is 10.0. The minimum Gasteiger partial charge on any atom is -0.488 e. The molecule has 2 nitrogen and oxygen atoms in total. The molecule has 0 aliphatic carbocycles. The molecule has 0 spiro atoms. The molecular weight excluding hydrogens is 393 g/mol. The van der Waals surface area contributed by atoms with Crippen LogP contribution in [0.1, 0.15) is 37.3 Å². The van der Waals surface area contributed by atoms with Crippen molar-refractivity contribution < 1.29 is 9.13 Å². The summed E-state index contributed by atoms with van der Waals surface area (Å²) < 4.78 is 20.7. The number of unbranched alkanes of at least 4 members (excludes halogenated alkanes) is 2. The summed E-state index contributed by atoms with van der Waals surface area (Å²) in [5, 5.41) is 3.80. The van der Waals surface area contributed by atoms with Gasteiger partial charge in [-0.3, -0.25) is 0 Å². The molecule has 0 heterocycles. The molecule has 0 fully saturated rings. The smallest absolute Gasteiger partial charge is 0.131 e. The third-order valence-electron chi connectivity index (χ3n) is 3.73. The van der Waals surface area contributed by atoms with E-state index in [1.165, 1.54) is 18.9 Å².